The Balaban J connectivity index is 2.09. The van der Waals surface area contributed by atoms with E-state index in [1.807, 2.05) is 0 Å². The lowest BCUT2D eigenvalue weighted by molar-refractivity contribution is -0.137. The molecule has 0 spiro atoms. The molecule has 0 aliphatic rings. The average molecular weight is 360 g/mol. The quantitative estimate of drug-likeness (QED) is 0.703. The molecule has 0 saturated heterocycles. The Bertz CT molecular complexity index is 757. The van der Waals surface area contributed by atoms with Crippen LogP contribution in [0.4, 0.5) is 18.9 Å². The van der Waals surface area contributed by atoms with Gasteiger partial charge in [-0.15, -0.1) is 0 Å². The van der Waals surface area contributed by atoms with E-state index in [9.17, 15) is 18.0 Å². The number of benzene rings is 2. The highest BCUT2D eigenvalue weighted by atomic mass is 35.5. The third kappa shape index (κ3) is 5.01. The van der Waals surface area contributed by atoms with Crippen molar-refractivity contribution >= 4 is 40.9 Å². The highest BCUT2D eigenvalue weighted by Crippen LogP contribution is 2.30. The highest BCUT2D eigenvalue weighted by molar-refractivity contribution is 6.35. The Hall–Kier alpha value is -1.98. The summed E-state index contributed by atoms with van der Waals surface area (Å²) in [6, 6.07) is 9.14. The van der Waals surface area contributed by atoms with Crippen molar-refractivity contribution in [3.05, 3.63) is 69.7 Å². The van der Waals surface area contributed by atoms with E-state index in [4.69, 9.17) is 23.2 Å². The van der Waals surface area contributed by atoms with E-state index in [-0.39, 0.29) is 5.69 Å². The summed E-state index contributed by atoms with van der Waals surface area (Å²) in [6.45, 7) is 0. The molecule has 0 atom stereocenters. The summed E-state index contributed by atoms with van der Waals surface area (Å²) in [5, 5.41) is 3.18. The lowest BCUT2D eigenvalue weighted by Gasteiger charge is -2.08. The molecular formula is C16H10Cl2F3NO. The Morgan fingerprint density at radius 1 is 1.09 bits per heavy atom. The molecule has 2 nitrogen and oxygen atoms in total. The van der Waals surface area contributed by atoms with E-state index in [0.717, 1.165) is 12.1 Å². The van der Waals surface area contributed by atoms with E-state index < -0.39 is 17.6 Å². The monoisotopic (exact) mass is 359 g/mol. The maximum atomic E-state index is 12.6. The van der Waals surface area contributed by atoms with E-state index in [0.29, 0.717) is 15.6 Å². The second-order valence-corrected chi connectivity index (χ2v) is 5.41. The van der Waals surface area contributed by atoms with Crippen LogP contribution in [0.25, 0.3) is 6.08 Å². The molecule has 0 aliphatic heterocycles. The van der Waals surface area contributed by atoms with E-state index >= 15 is 0 Å². The predicted molar refractivity (Wildman–Crippen MR) is 85.6 cm³/mol. The lowest BCUT2D eigenvalue weighted by atomic mass is 10.2. The van der Waals surface area contributed by atoms with Crippen molar-refractivity contribution < 1.29 is 18.0 Å². The zero-order valence-corrected chi connectivity index (χ0v) is 13.0. The molecule has 23 heavy (non-hydrogen) atoms. The van der Waals surface area contributed by atoms with Gasteiger partial charge in [-0.3, -0.25) is 4.79 Å². The first kappa shape index (κ1) is 17.4. The Morgan fingerprint density at radius 3 is 2.48 bits per heavy atom. The largest absolute Gasteiger partial charge is 0.416 e. The molecule has 0 unspecified atom stereocenters. The van der Waals surface area contributed by atoms with Crippen molar-refractivity contribution in [2.24, 2.45) is 0 Å². The summed E-state index contributed by atoms with van der Waals surface area (Å²) in [5.41, 5.74) is -0.216. The van der Waals surface area contributed by atoms with Gasteiger partial charge in [0.25, 0.3) is 0 Å². The number of alkyl halides is 3. The molecule has 0 heterocycles. The molecule has 0 aromatic heterocycles. The number of carbonyl (C=O) groups excluding carboxylic acids is 1. The first-order valence-corrected chi connectivity index (χ1v) is 7.13. The Morgan fingerprint density at radius 2 is 1.83 bits per heavy atom. The normalized spacial score (nSPS) is 11.7. The van der Waals surface area contributed by atoms with Gasteiger partial charge in [-0.2, -0.15) is 13.2 Å². The second-order valence-electron chi connectivity index (χ2n) is 4.57. The topological polar surface area (TPSA) is 29.1 Å². The second kappa shape index (κ2) is 7.06. The number of anilines is 1. The van der Waals surface area contributed by atoms with Crippen molar-refractivity contribution in [3.8, 4) is 0 Å². The number of hydrogen-bond donors (Lipinski definition) is 1. The van der Waals surface area contributed by atoms with Crippen LogP contribution in [0.3, 0.4) is 0 Å². The number of amides is 1. The fourth-order valence-corrected chi connectivity index (χ4v) is 2.23. The number of hydrogen-bond acceptors (Lipinski definition) is 1. The zero-order valence-electron chi connectivity index (χ0n) is 11.5. The molecular weight excluding hydrogens is 350 g/mol. The SMILES string of the molecule is O=C(C=Cc1ccc(Cl)cc1Cl)Nc1cccc(C(F)(F)F)c1. The van der Waals surface area contributed by atoms with Gasteiger partial charge in [-0.1, -0.05) is 35.3 Å². The molecule has 0 radical (unpaired) electrons. The van der Waals surface area contributed by atoms with Crippen molar-refractivity contribution in [3.63, 3.8) is 0 Å². The summed E-state index contributed by atoms with van der Waals surface area (Å²) >= 11 is 11.7. The van der Waals surface area contributed by atoms with Crippen LogP contribution in [0.15, 0.2) is 48.5 Å². The minimum absolute atomic E-state index is 0.0525. The van der Waals surface area contributed by atoms with Crippen molar-refractivity contribution in [2.75, 3.05) is 5.32 Å². The van der Waals surface area contributed by atoms with Crippen LogP contribution in [0.1, 0.15) is 11.1 Å². The van der Waals surface area contributed by atoms with Gasteiger partial charge in [0.1, 0.15) is 0 Å². The van der Waals surface area contributed by atoms with Gasteiger partial charge >= 0.3 is 6.18 Å². The van der Waals surface area contributed by atoms with Crippen molar-refractivity contribution in [1.82, 2.24) is 0 Å². The molecule has 0 bridgehead atoms. The molecule has 2 aromatic rings. The molecule has 1 amide bonds. The van der Waals surface area contributed by atoms with E-state index in [1.54, 1.807) is 12.1 Å². The number of rotatable bonds is 3. The number of nitrogens with one attached hydrogen (secondary N) is 1. The summed E-state index contributed by atoms with van der Waals surface area (Å²) in [7, 11) is 0. The molecule has 2 aromatic carbocycles. The van der Waals surface area contributed by atoms with Gasteiger partial charge in [-0.05, 0) is 42.0 Å². The average Bonchev–Trinajstić information content (AvgIpc) is 2.45. The van der Waals surface area contributed by atoms with Crippen molar-refractivity contribution in [1.29, 1.82) is 0 Å². The minimum Gasteiger partial charge on any atom is -0.322 e. The van der Waals surface area contributed by atoms with Crippen LogP contribution in [0.2, 0.25) is 10.0 Å². The summed E-state index contributed by atoms with van der Waals surface area (Å²) in [6.07, 6.45) is -1.84. The van der Waals surface area contributed by atoms with Crippen LogP contribution < -0.4 is 5.32 Å². The molecule has 0 saturated carbocycles. The van der Waals surface area contributed by atoms with E-state index in [2.05, 4.69) is 5.32 Å². The van der Waals surface area contributed by atoms with E-state index in [1.165, 1.54) is 30.4 Å². The van der Waals surface area contributed by atoms with Crippen molar-refractivity contribution in [2.45, 2.75) is 6.18 Å². The molecule has 0 fully saturated rings. The first-order chi connectivity index (χ1) is 10.8. The van der Waals surface area contributed by atoms with Crippen LogP contribution in [-0.2, 0) is 11.0 Å². The zero-order chi connectivity index (χ0) is 17.0. The maximum absolute atomic E-state index is 12.6. The van der Waals surface area contributed by atoms with Gasteiger partial charge in [0.05, 0.1) is 5.56 Å². The Labute approximate surface area is 140 Å². The first-order valence-electron chi connectivity index (χ1n) is 6.37. The maximum Gasteiger partial charge on any atom is 0.416 e. The third-order valence-corrected chi connectivity index (χ3v) is 3.40. The van der Waals surface area contributed by atoms with Gasteiger partial charge in [0.2, 0.25) is 5.91 Å². The van der Waals surface area contributed by atoms with Crippen LogP contribution in [0, 0.1) is 0 Å². The highest BCUT2D eigenvalue weighted by Gasteiger charge is 2.30. The van der Waals surface area contributed by atoms with Crippen LogP contribution in [-0.4, -0.2) is 5.91 Å². The molecule has 2 rings (SSSR count). The smallest absolute Gasteiger partial charge is 0.322 e. The minimum atomic E-state index is -4.46. The third-order valence-electron chi connectivity index (χ3n) is 2.83. The summed E-state index contributed by atoms with van der Waals surface area (Å²) in [4.78, 5) is 11.8. The number of halogens is 5. The number of carbonyl (C=O) groups is 1. The Kier molecular flexibility index (Phi) is 5.34. The van der Waals surface area contributed by atoms with Gasteiger partial charge in [-0.25, -0.2) is 0 Å². The fourth-order valence-electron chi connectivity index (χ4n) is 1.76. The van der Waals surface area contributed by atoms with Gasteiger partial charge < -0.3 is 5.32 Å². The standard InChI is InChI=1S/C16H10Cl2F3NO/c17-12-6-4-10(14(18)9-12)5-7-15(23)22-13-3-1-2-11(8-13)16(19,20)21/h1-9H,(H,22,23). The molecule has 0 aliphatic carbocycles. The molecule has 7 heteroatoms. The molecule has 1 N–H and O–H groups in total. The van der Waals surface area contributed by atoms with Gasteiger partial charge in [0.15, 0.2) is 0 Å². The molecule has 120 valence electrons. The van der Waals surface area contributed by atoms with Crippen LogP contribution in [0.5, 0.6) is 0 Å². The fraction of sp³-hybridized carbons (Fsp3) is 0.0625. The van der Waals surface area contributed by atoms with Gasteiger partial charge in [0, 0.05) is 21.8 Å². The lowest BCUT2D eigenvalue weighted by Crippen LogP contribution is -2.10. The predicted octanol–water partition coefficient (Wildman–Crippen LogP) is 5.66. The summed E-state index contributed by atoms with van der Waals surface area (Å²) in [5.74, 6) is -0.574. The van der Waals surface area contributed by atoms with Crippen LogP contribution >= 0.6 is 23.2 Å². The summed E-state index contributed by atoms with van der Waals surface area (Å²) < 4.78 is 37.8.